The molecule has 2 nitrogen and oxygen atoms in total. The third-order valence-electron chi connectivity index (χ3n) is 1.80. The van der Waals surface area contributed by atoms with Gasteiger partial charge in [0.1, 0.15) is 6.67 Å². The quantitative estimate of drug-likeness (QED) is 0.586. The van der Waals surface area contributed by atoms with E-state index in [1.54, 1.807) is 0 Å². The van der Waals surface area contributed by atoms with Gasteiger partial charge in [0.05, 0.1) is 6.54 Å². The van der Waals surface area contributed by atoms with E-state index in [1.165, 1.54) is 5.69 Å². The molecule has 0 aliphatic carbocycles. The van der Waals surface area contributed by atoms with Crippen LogP contribution in [0, 0.1) is 0 Å². The van der Waals surface area contributed by atoms with Gasteiger partial charge in [-0.25, -0.2) is 0 Å². The molecule has 1 aliphatic heterocycles. The average Bonchev–Trinajstić information content (AvgIpc) is 2.58. The molecule has 56 valence electrons. The van der Waals surface area contributed by atoms with Gasteiger partial charge in [0.25, 0.3) is 0 Å². The Bertz CT molecular complexity index is 246. The van der Waals surface area contributed by atoms with Gasteiger partial charge in [0.15, 0.2) is 0 Å². The van der Waals surface area contributed by atoms with Crippen LogP contribution in [0.25, 0.3) is 0 Å². The minimum Gasteiger partial charge on any atom is -0.347 e. The van der Waals surface area contributed by atoms with E-state index in [0.29, 0.717) is 0 Å². The van der Waals surface area contributed by atoms with E-state index in [4.69, 9.17) is 0 Å². The van der Waals surface area contributed by atoms with Gasteiger partial charge in [0.2, 0.25) is 0 Å². The van der Waals surface area contributed by atoms with Crippen molar-refractivity contribution in [3.05, 3.63) is 30.3 Å². The summed E-state index contributed by atoms with van der Waals surface area (Å²) < 4.78 is 0. The maximum absolute atomic E-state index is 4.14. The molecule has 0 N–H and O–H groups in total. The molecular weight excluding hydrogens is 136 g/mol. The summed E-state index contributed by atoms with van der Waals surface area (Å²) in [7, 11) is 0. The van der Waals surface area contributed by atoms with Crippen LogP contribution in [-0.4, -0.2) is 19.4 Å². The Kier molecular flexibility index (Phi) is 1.60. The molecule has 2 heteroatoms. The number of hydrogen-bond acceptors (Lipinski definition) is 2. The van der Waals surface area contributed by atoms with E-state index in [2.05, 4.69) is 22.0 Å². The van der Waals surface area contributed by atoms with Crippen LogP contribution in [0.15, 0.2) is 35.3 Å². The Labute approximate surface area is 66.2 Å². The first-order chi connectivity index (χ1) is 5.47. The van der Waals surface area contributed by atoms with Gasteiger partial charge in [-0.3, -0.25) is 4.99 Å². The molecule has 0 amide bonds. The molecule has 1 aromatic carbocycles. The molecule has 1 aliphatic rings. The van der Waals surface area contributed by atoms with E-state index in [9.17, 15) is 0 Å². The van der Waals surface area contributed by atoms with E-state index in [1.807, 2.05) is 24.4 Å². The van der Waals surface area contributed by atoms with Crippen molar-refractivity contribution in [2.24, 2.45) is 4.99 Å². The summed E-state index contributed by atoms with van der Waals surface area (Å²) in [5, 5.41) is 0. The first kappa shape index (κ1) is 6.40. The summed E-state index contributed by atoms with van der Waals surface area (Å²) in [5.74, 6) is 0. The first-order valence-electron chi connectivity index (χ1n) is 3.75. The summed E-state index contributed by atoms with van der Waals surface area (Å²) in [6.45, 7) is 1.76. The van der Waals surface area contributed by atoms with Crippen molar-refractivity contribution < 1.29 is 0 Å². The number of para-hydroxylation sites is 1. The fraction of sp³-hybridized carbons (Fsp3) is 0.222. The van der Waals surface area contributed by atoms with Crippen LogP contribution in [-0.2, 0) is 0 Å². The van der Waals surface area contributed by atoms with Crippen LogP contribution in [0.4, 0.5) is 5.69 Å². The van der Waals surface area contributed by atoms with Gasteiger partial charge in [0, 0.05) is 11.9 Å². The summed E-state index contributed by atoms with van der Waals surface area (Å²) in [6.07, 6.45) is 1.95. The van der Waals surface area contributed by atoms with Crippen molar-refractivity contribution in [1.29, 1.82) is 0 Å². The zero-order chi connectivity index (χ0) is 7.52. The Morgan fingerprint density at radius 2 is 2.00 bits per heavy atom. The monoisotopic (exact) mass is 146 g/mol. The van der Waals surface area contributed by atoms with Crippen LogP contribution >= 0.6 is 0 Å². The molecule has 1 heterocycles. The molecule has 0 aromatic heterocycles. The third kappa shape index (κ3) is 1.24. The second kappa shape index (κ2) is 2.74. The van der Waals surface area contributed by atoms with E-state index in [-0.39, 0.29) is 0 Å². The van der Waals surface area contributed by atoms with E-state index >= 15 is 0 Å². The van der Waals surface area contributed by atoms with E-state index < -0.39 is 0 Å². The molecule has 0 fully saturated rings. The van der Waals surface area contributed by atoms with Crippen molar-refractivity contribution in [1.82, 2.24) is 0 Å². The zero-order valence-electron chi connectivity index (χ0n) is 6.27. The summed E-state index contributed by atoms with van der Waals surface area (Å²) in [4.78, 5) is 6.36. The molecule has 0 bridgehead atoms. The molecule has 0 atom stereocenters. The average molecular weight is 146 g/mol. The van der Waals surface area contributed by atoms with Crippen molar-refractivity contribution >= 4 is 11.9 Å². The van der Waals surface area contributed by atoms with Gasteiger partial charge >= 0.3 is 0 Å². The van der Waals surface area contributed by atoms with Crippen LogP contribution < -0.4 is 4.90 Å². The van der Waals surface area contributed by atoms with Gasteiger partial charge in [-0.1, -0.05) is 18.2 Å². The Morgan fingerprint density at radius 1 is 1.18 bits per heavy atom. The largest absolute Gasteiger partial charge is 0.347 e. The number of rotatable bonds is 1. The highest BCUT2D eigenvalue weighted by Crippen LogP contribution is 2.13. The van der Waals surface area contributed by atoms with Crippen molar-refractivity contribution in [2.45, 2.75) is 0 Å². The van der Waals surface area contributed by atoms with Crippen molar-refractivity contribution in [2.75, 3.05) is 18.1 Å². The maximum Gasteiger partial charge on any atom is 0.110 e. The van der Waals surface area contributed by atoms with Crippen molar-refractivity contribution in [3.8, 4) is 0 Å². The Hall–Kier alpha value is -1.31. The van der Waals surface area contributed by atoms with Crippen LogP contribution in [0.3, 0.4) is 0 Å². The molecule has 0 radical (unpaired) electrons. The number of nitrogens with zero attached hydrogens (tertiary/aromatic N) is 2. The lowest BCUT2D eigenvalue weighted by Crippen LogP contribution is -2.18. The van der Waals surface area contributed by atoms with Gasteiger partial charge < -0.3 is 4.90 Å². The molecule has 2 rings (SSSR count). The molecule has 0 saturated carbocycles. The Balaban J connectivity index is 2.17. The zero-order valence-corrected chi connectivity index (χ0v) is 6.27. The normalized spacial score (nSPS) is 15.8. The summed E-state index contributed by atoms with van der Waals surface area (Å²) >= 11 is 0. The highest BCUT2D eigenvalue weighted by molar-refractivity contribution is 5.69. The van der Waals surface area contributed by atoms with Gasteiger partial charge in [-0.2, -0.15) is 0 Å². The maximum atomic E-state index is 4.14. The van der Waals surface area contributed by atoms with Crippen molar-refractivity contribution in [3.63, 3.8) is 0 Å². The minimum atomic E-state index is 0.810. The Morgan fingerprint density at radius 3 is 2.64 bits per heavy atom. The second-order valence-corrected chi connectivity index (χ2v) is 2.56. The van der Waals surface area contributed by atoms with Gasteiger partial charge in [-0.05, 0) is 12.1 Å². The molecular formula is C9H10N2. The predicted molar refractivity (Wildman–Crippen MR) is 47.1 cm³/mol. The number of benzene rings is 1. The molecule has 0 saturated heterocycles. The second-order valence-electron chi connectivity index (χ2n) is 2.56. The minimum absolute atomic E-state index is 0.810. The van der Waals surface area contributed by atoms with Crippen LogP contribution in [0.1, 0.15) is 0 Å². The number of hydrogen-bond donors (Lipinski definition) is 0. The predicted octanol–water partition coefficient (Wildman–Crippen LogP) is 1.53. The van der Waals surface area contributed by atoms with E-state index in [0.717, 1.165) is 13.2 Å². The lowest BCUT2D eigenvalue weighted by molar-refractivity contribution is 0.956. The third-order valence-corrected chi connectivity index (χ3v) is 1.80. The fourth-order valence-corrected chi connectivity index (χ4v) is 1.20. The molecule has 0 unspecified atom stereocenters. The smallest absolute Gasteiger partial charge is 0.110 e. The summed E-state index contributed by atoms with van der Waals surface area (Å²) in [5.41, 5.74) is 1.25. The number of anilines is 1. The molecule has 11 heavy (non-hydrogen) atoms. The lowest BCUT2D eigenvalue weighted by Gasteiger charge is -2.15. The molecule has 1 aromatic rings. The number of aliphatic imine (C=N–C) groups is 1. The highest BCUT2D eigenvalue weighted by atomic mass is 15.2. The topological polar surface area (TPSA) is 15.6 Å². The summed E-state index contributed by atoms with van der Waals surface area (Å²) in [6, 6.07) is 10.3. The first-order valence-corrected chi connectivity index (χ1v) is 3.75. The van der Waals surface area contributed by atoms with Crippen LogP contribution in [0.2, 0.25) is 0 Å². The molecule has 0 spiro atoms. The lowest BCUT2D eigenvalue weighted by atomic mass is 10.3. The highest BCUT2D eigenvalue weighted by Gasteiger charge is 2.05. The standard InChI is InChI=1S/C9H10N2/c1-2-4-9(5-3-1)11-7-6-10-8-11/h1-6H,7-8H2. The van der Waals surface area contributed by atoms with Gasteiger partial charge in [-0.15, -0.1) is 0 Å². The van der Waals surface area contributed by atoms with Crippen LogP contribution in [0.5, 0.6) is 0 Å². The SMILES string of the molecule is C1=NCN(c2ccccc2)C1. The fourth-order valence-electron chi connectivity index (χ4n) is 1.20.